The molecule has 19 heavy (non-hydrogen) atoms. The van der Waals surface area contributed by atoms with E-state index in [9.17, 15) is 9.59 Å². The second kappa shape index (κ2) is 5.60. The van der Waals surface area contributed by atoms with Crippen molar-refractivity contribution in [3.63, 3.8) is 0 Å². The van der Waals surface area contributed by atoms with Gasteiger partial charge in [0.1, 0.15) is 6.29 Å². The molecule has 1 aliphatic heterocycles. The van der Waals surface area contributed by atoms with Crippen molar-refractivity contribution in [2.45, 2.75) is 0 Å². The number of nitrogens with zero attached hydrogens (tertiary/aromatic N) is 2. The lowest BCUT2D eigenvalue weighted by atomic mass is 10.2. The molecule has 6 heteroatoms. The van der Waals surface area contributed by atoms with Gasteiger partial charge in [-0.2, -0.15) is 0 Å². The third-order valence-electron chi connectivity index (χ3n) is 3.07. The number of amides is 2. The number of hydrogen-bond acceptors (Lipinski definition) is 4. The van der Waals surface area contributed by atoms with Crippen molar-refractivity contribution in [1.82, 2.24) is 4.90 Å². The van der Waals surface area contributed by atoms with Crippen LogP contribution in [-0.4, -0.2) is 51.1 Å². The SMILES string of the molecule is COc1ccc(N2CCN(CC=O)C2=O)cc1OC. The van der Waals surface area contributed by atoms with Crippen LogP contribution in [0.4, 0.5) is 10.5 Å². The molecule has 1 saturated heterocycles. The predicted octanol–water partition coefficient (Wildman–Crippen LogP) is 1.14. The smallest absolute Gasteiger partial charge is 0.324 e. The van der Waals surface area contributed by atoms with E-state index in [1.807, 2.05) is 0 Å². The quantitative estimate of drug-likeness (QED) is 0.748. The van der Waals surface area contributed by atoms with E-state index in [-0.39, 0.29) is 12.6 Å². The first-order chi connectivity index (χ1) is 9.21. The third kappa shape index (κ3) is 2.47. The fraction of sp³-hybridized carbons (Fsp3) is 0.385. The molecule has 1 heterocycles. The molecule has 2 rings (SSSR count). The first-order valence-electron chi connectivity index (χ1n) is 5.93. The maximum absolute atomic E-state index is 12.1. The Kier molecular flexibility index (Phi) is 3.89. The predicted molar refractivity (Wildman–Crippen MR) is 69.9 cm³/mol. The molecule has 0 N–H and O–H groups in total. The van der Waals surface area contributed by atoms with Gasteiger partial charge in [0.05, 0.1) is 20.8 Å². The van der Waals surface area contributed by atoms with E-state index in [1.54, 1.807) is 37.3 Å². The number of ether oxygens (including phenoxy) is 2. The molecule has 0 unspecified atom stereocenters. The molecular formula is C13H16N2O4. The Morgan fingerprint density at radius 3 is 2.58 bits per heavy atom. The van der Waals surface area contributed by atoms with Gasteiger partial charge in [-0.15, -0.1) is 0 Å². The molecule has 2 amide bonds. The normalized spacial score (nSPS) is 14.7. The summed E-state index contributed by atoms with van der Waals surface area (Å²) in [5, 5.41) is 0. The fourth-order valence-corrected chi connectivity index (χ4v) is 2.07. The van der Waals surface area contributed by atoms with Crippen LogP contribution in [0.1, 0.15) is 0 Å². The first kappa shape index (κ1) is 13.2. The minimum absolute atomic E-state index is 0.128. The van der Waals surface area contributed by atoms with E-state index < -0.39 is 0 Å². The van der Waals surface area contributed by atoms with E-state index in [0.29, 0.717) is 24.6 Å². The molecule has 0 atom stereocenters. The first-order valence-corrected chi connectivity index (χ1v) is 5.93. The van der Waals surface area contributed by atoms with Gasteiger partial charge in [-0.05, 0) is 12.1 Å². The summed E-state index contributed by atoms with van der Waals surface area (Å²) in [6.07, 6.45) is 0.732. The zero-order chi connectivity index (χ0) is 13.8. The molecule has 1 aliphatic rings. The minimum Gasteiger partial charge on any atom is -0.493 e. The molecule has 6 nitrogen and oxygen atoms in total. The highest BCUT2D eigenvalue weighted by Crippen LogP contribution is 2.32. The van der Waals surface area contributed by atoms with Crippen molar-refractivity contribution in [2.75, 3.05) is 38.8 Å². The van der Waals surface area contributed by atoms with E-state index >= 15 is 0 Å². The Hall–Kier alpha value is -2.24. The zero-order valence-corrected chi connectivity index (χ0v) is 11.0. The lowest BCUT2D eigenvalue weighted by molar-refractivity contribution is -0.108. The molecule has 102 valence electrons. The number of methoxy groups -OCH3 is 2. The average molecular weight is 264 g/mol. The van der Waals surface area contributed by atoms with Gasteiger partial charge in [-0.1, -0.05) is 0 Å². The molecule has 0 aromatic heterocycles. The van der Waals surface area contributed by atoms with Crippen LogP contribution < -0.4 is 14.4 Å². The van der Waals surface area contributed by atoms with Gasteiger partial charge in [-0.25, -0.2) is 4.79 Å². The van der Waals surface area contributed by atoms with Gasteiger partial charge in [-0.3, -0.25) is 4.90 Å². The zero-order valence-electron chi connectivity index (χ0n) is 11.0. The lowest BCUT2D eigenvalue weighted by Crippen LogP contribution is -2.32. The number of benzene rings is 1. The molecule has 1 aromatic carbocycles. The Morgan fingerprint density at radius 2 is 1.95 bits per heavy atom. The van der Waals surface area contributed by atoms with Gasteiger partial charge in [0.2, 0.25) is 0 Å². The van der Waals surface area contributed by atoms with Gasteiger partial charge in [0.15, 0.2) is 11.5 Å². The second-order valence-corrected chi connectivity index (χ2v) is 4.09. The third-order valence-corrected chi connectivity index (χ3v) is 3.07. The molecule has 1 fully saturated rings. The van der Waals surface area contributed by atoms with E-state index in [0.717, 1.165) is 12.0 Å². The highest BCUT2D eigenvalue weighted by atomic mass is 16.5. The van der Waals surface area contributed by atoms with Crippen LogP contribution in [0.2, 0.25) is 0 Å². The Labute approximate surface area is 111 Å². The van der Waals surface area contributed by atoms with Crippen LogP contribution in [0, 0.1) is 0 Å². The molecule has 0 spiro atoms. The van der Waals surface area contributed by atoms with Crippen LogP contribution in [0.15, 0.2) is 18.2 Å². The maximum Gasteiger partial charge on any atom is 0.324 e. The maximum atomic E-state index is 12.1. The van der Waals surface area contributed by atoms with Crippen LogP contribution in [0.5, 0.6) is 11.5 Å². The molecule has 1 aromatic rings. The summed E-state index contributed by atoms with van der Waals surface area (Å²) in [5.74, 6) is 1.18. The Morgan fingerprint density at radius 1 is 1.21 bits per heavy atom. The van der Waals surface area contributed by atoms with Crippen molar-refractivity contribution in [3.8, 4) is 11.5 Å². The summed E-state index contributed by atoms with van der Waals surface area (Å²) in [6.45, 7) is 1.23. The van der Waals surface area contributed by atoms with Crippen LogP contribution in [-0.2, 0) is 4.79 Å². The number of carbonyl (C=O) groups excluding carboxylic acids is 2. The molecular weight excluding hydrogens is 248 g/mol. The monoisotopic (exact) mass is 264 g/mol. The molecule has 0 aliphatic carbocycles. The Bertz CT molecular complexity index is 490. The number of hydrogen-bond donors (Lipinski definition) is 0. The minimum atomic E-state index is -0.167. The van der Waals surface area contributed by atoms with Gasteiger partial charge in [0, 0.05) is 24.8 Å². The molecule has 0 radical (unpaired) electrons. The summed E-state index contributed by atoms with van der Waals surface area (Å²) >= 11 is 0. The van der Waals surface area contributed by atoms with Gasteiger partial charge in [0.25, 0.3) is 0 Å². The van der Waals surface area contributed by atoms with Gasteiger partial charge < -0.3 is 19.2 Å². The molecule has 0 saturated carbocycles. The van der Waals surface area contributed by atoms with Crippen molar-refractivity contribution in [3.05, 3.63) is 18.2 Å². The van der Waals surface area contributed by atoms with E-state index in [2.05, 4.69) is 0 Å². The number of anilines is 1. The summed E-state index contributed by atoms with van der Waals surface area (Å²) in [4.78, 5) is 25.7. The van der Waals surface area contributed by atoms with Gasteiger partial charge >= 0.3 is 6.03 Å². The lowest BCUT2D eigenvalue weighted by Gasteiger charge is -2.18. The van der Waals surface area contributed by atoms with E-state index in [1.165, 1.54) is 4.90 Å². The fourth-order valence-electron chi connectivity index (χ4n) is 2.07. The van der Waals surface area contributed by atoms with Crippen molar-refractivity contribution >= 4 is 18.0 Å². The standard InChI is InChI=1S/C13H16N2O4/c1-18-11-4-3-10(9-12(11)19-2)15-6-5-14(7-8-16)13(15)17/h3-4,8-9H,5-7H2,1-2H3. The second-order valence-electron chi connectivity index (χ2n) is 4.09. The topological polar surface area (TPSA) is 59.1 Å². The van der Waals surface area contributed by atoms with Crippen molar-refractivity contribution < 1.29 is 19.1 Å². The van der Waals surface area contributed by atoms with Crippen molar-refractivity contribution in [2.24, 2.45) is 0 Å². The van der Waals surface area contributed by atoms with Crippen molar-refractivity contribution in [1.29, 1.82) is 0 Å². The Balaban J connectivity index is 2.23. The summed E-state index contributed by atoms with van der Waals surface area (Å²) in [7, 11) is 3.11. The largest absolute Gasteiger partial charge is 0.493 e. The number of urea groups is 1. The van der Waals surface area contributed by atoms with Crippen LogP contribution in [0.3, 0.4) is 0 Å². The highest BCUT2D eigenvalue weighted by molar-refractivity contribution is 5.95. The van der Waals surface area contributed by atoms with Crippen LogP contribution >= 0.6 is 0 Å². The summed E-state index contributed by atoms with van der Waals surface area (Å²) in [5.41, 5.74) is 0.732. The summed E-state index contributed by atoms with van der Waals surface area (Å²) in [6, 6.07) is 5.13. The number of aldehydes is 1. The molecule has 0 bridgehead atoms. The highest BCUT2D eigenvalue weighted by Gasteiger charge is 2.29. The summed E-state index contributed by atoms with van der Waals surface area (Å²) < 4.78 is 10.4. The van der Waals surface area contributed by atoms with Crippen LogP contribution in [0.25, 0.3) is 0 Å². The average Bonchev–Trinajstić information content (AvgIpc) is 2.80. The number of rotatable bonds is 5. The number of carbonyl (C=O) groups is 2. The van der Waals surface area contributed by atoms with E-state index in [4.69, 9.17) is 9.47 Å².